The van der Waals surface area contributed by atoms with Gasteiger partial charge in [0.25, 0.3) is 0 Å². The molecule has 1 saturated heterocycles. The van der Waals surface area contributed by atoms with E-state index in [9.17, 15) is 14.4 Å². The minimum absolute atomic E-state index is 0.00288. The van der Waals surface area contributed by atoms with E-state index in [-0.39, 0.29) is 23.8 Å². The molecule has 1 fully saturated rings. The number of rotatable bonds is 10. The molecule has 0 aliphatic carbocycles. The molecule has 0 radical (unpaired) electrons. The molecule has 5 aromatic rings. The number of hydrogen-bond acceptors (Lipinski definition) is 5. The molecule has 2 atom stereocenters. The summed E-state index contributed by atoms with van der Waals surface area (Å²) >= 11 is 13.7. The largest absolute Gasteiger partial charge is 0.457 e. The zero-order chi connectivity index (χ0) is 31.5. The van der Waals surface area contributed by atoms with Crippen molar-refractivity contribution in [3.63, 3.8) is 0 Å². The van der Waals surface area contributed by atoms with Crippen molar-refractivity contribution in [2.24, 2.45) is 5.73 Å². The monoisotopic (exact) mass is 658 g/mol. The van der Waals surface area contributed by atoms with Crippen molar-refractivity contribution in [1.82, 2.24) is 10.3 Å². The predicted octanol–water partition coefficient (Wildman–Crippen LogP) is 7.26. The highest BCUT2D eigenvalue weighted by Crippen LogP contribution is 2.47. The van der Waals surface area contributed by atoms with Gasteiger partial charge in [-0.05, 0) is 72.1 Å². The van der Waals surface area contributed by atoms with Crippen molar-refractivity contribution < 1.29 is 19.1 Å². The number of benzene rings is 4. The van der Waals surface area contributed by atoms with Gasteiger partial charge in [-0.1, -0.05) is 59.6 Å². The van der Waals surface area contributed by atoms with Gasteiger partial charge in [-0.3, -0.25) is 19.3 Å². The summed E-state index contributed by atoms with van der Waals surface area (Å²) in [6.45, 7) is 0.437. The standard InChI is InChI=1S/C34H28Cl2N4O4S/c35-23-15-24(36)17-27(16-23)44-26-8-4-6-21(14-26)34-40(25-7-3-5-20(13-25)32(37)42)33(43)30(45-34)18-31(41)38-12-11-22-19-39-29-10-2-1-9-28(22)29/h1-10,13-17,19,30,34,39H,11-12,18H2,(H2,37,42)(H,38,41)/t30-,34+/m1/s1. The number of primary amides is 1. The molecule has 1 aromatic heterocycles. The van der Waals surface area contributed by atoms with Crippen molar-refractivity contribution in [3.8, 4) is 11.5 Å². The summed E-state index contributed by atoms with van der Waals surface area (Å²) in [7, 11) is 0. The van der Waals surface area contributed by atoms with E-state index in [1.165, 1.54) is 11.8 Å². The third-order valence-electron chi connectivity index (χ3n) is 7.43. The van der Waals surface area contributed by atoms with Gasteiger partial charge in [0.05, 0.1) is 5.25 Å². The highest BCUT2D eigenvalue weighted by atomic mass is 35.5. The molecule has 0 saturated carbocycles. The number of aromatic nitrogens is 1. The Labute approximate surface area is 273 Å². The summed E-state index contributed by atoms with van der Waals surface area (Å²) in [5.41, 5.74) is 9.25. The predicted molar refractivity (Wildman–Crippen MR) is 179 cm³/mol. The fraction of sp³-hybridized carbons (Fsp3) is 0.147. The highest BCUT2D eigenvalue weighted by molar-refractivity contribution is 8.01. The number of H-pyrrole nitrogens is 1. The Kier molecular flexibility index (Phi) is 9.02. The maximum Gasteiger partial charge on any atom is 0.248 e. The molecular weight excluding hydrogens is 631 g/mol. The Hall–Kier alpha value is -4.44. The lowest BCUT2D eigenvalue weighted by Crippen LogP contribution is -2.34. The number of fused-ring (bicyclic) bond motifs is 1. The molecule has 4 aromatic carbocycles. The van der Waals surface area contributed by atoms with Crippen LogP contribution in [0.25, 0.3) is 10.9 Å². The Morgan fingerprint density at radius 2 is 1.71 bits per heavy atom. The Morgan fingerprint density at radius 1 is 0.933 bits per heavy atom. The molecule has 1 aliphatic heterocycles. The number of carbonyl (C=O) groups excluding carboxylic acids is 3. The highest BCUT2D eigenvalue weighted by Gasteiger charge is 2.43. The molecule has 6 rings (SSSR count). The lowest BCUT2D eigenvalue weighted by Gasteiger charge is -2.25. The minimum Gasteiger partial charge on any atom is -0.457 e. The third kappa shape index (κ3) is 6.96. The van der Waals surface area contributed by atoms with Crippen LogP contribution in [0, 0.1) is 0 Å². The smallest absolute Gasteiger partial charge is 0.248 e. The molecule has 0 unspecified atom stereocenters. The molecule has 4 N–H and O–H groups in total. The molecule has 8 nitrogen and oxygen atoms in total. The Morgan fingerprint density at radius 3 is 2.51 bits per heavy atom. The van der Waals surface area contributed by atoms with Gasteiger partial charge < -0.3 is 20.8 Å². The molecular formula is C34H28Cl2N4O4S. The molecule has 2 heterocycles. The number of thioether (sulfide) groups is 1. The van der Waals surface area contributed by atoms with Crippen LogP contribution in [0.1, 0.15) is 33.3 Å². The molecule has 0 bridgehead atoms. The molecule has 0 spiro atoms. The van der Waals surface area contributed by atoms with Crippen molar-refractivity contribution in [3.05, 3.63) is 124 Å². The number of nitrogens with zero attached hydrogens (tertiary/aromatic N) is 1. The van der Waals surface area contributed by atoms with Crippen LogP contribution in [0.3, 0.4) is 0 Å². The van der Waals surface area contributed by atoms with E-state index in [0.29, 0.717) is 40.2 Å². The van der Waals surface area contributed by atoms with Crippen LogP contribution in [0.15, 0.2) is 97.2 Å². The van der Waals surface area contributed by atoms with E-state index in [4.69, 9.17) is 33.7 Å². The van der Waals surface area contributed by atoms with Crippen LogP contribution >= 0.6 is 35.0 Å². The van der Waals surface area contributed by atoms with Crippen LogP contribution in [0.4, 0.5) is 5.69 Å². The lowest BCUT2D eigenvalue weighted by atomic mass is 10.1. The first kappa shape index (κ1) is 30.6. The quantitative estimate of drug-likeness (QED) is 0.146. The van der Waals surface area contributed by atoms with Gasteiger partial charge in [0.15, 0.2) is 0 Å². The summed E-state index contributed by atoms with van der Waals surface area (Å²) in [5, 5.41) is 3.81. The molecule has 1 aliphatic rings. The first-order valence-corrected chi connectivity index (χ1v) is 15.9. The average molecular weight is 660 g/mol. The number of hydrogen-bond donors (Lipinski definition) is 3. The summed E-state index contributed by atoms with van der Waals surface area (Å²) in [4.78, 5) is 43.8. The second-order valence-corrected chi connectivity index (χ2v) is 12.7. The van der Waals surface area contributed by atoms with Gasteiger partial charge in [-0.2, -0.15) is 0 Å². The molecule has 228 valence electrons. The van der Waals surface area contributed by atoms with E-state index in [1.54, 1.807) is 53.4 Å². The first-order valence-electron chi connectivity index (χ1n) is 14.2. The van der Waals surface area contributed by atoms with Crippen molar-refractivity contribution in [1.29, 1.82) is 0 Å². The molecule has 45 heavy (non-hydrogen) atoms. The zero-order valence-corrected chi connectivity index (χ0v) is 26.2. The van der Waals surface area contributed by atoms with Crippen LogP contribution in [0.2, 0.25) is 10.0 Å². The number of para-hydroxylation sites is 1. The van der Waals surface area contributed by atoms with E-state index in [0.717, 1.165) is 22.0 Å². The molecule has 3 amide bonds. The zero-order valence-electron chi connectivity index (χ0n) is 23.8. The van der Waals surface area contributed by atoms with Crippen LogP contribution in [0.5, 0.6) is 11.5 Å². The summed E-state index contributed by atoms with van der Waals surface area (Å²) in [5.74, 6) is -0.0842. The Bertz CT molecular complexity index is 1890. The van der Waals surface area contributed by atoms with Crippen LogP contribution in [-0.4, -0.2) is 34.5 Å². The van der Waals surface area contributed by atoms with E-state index < -0.39 is 16.5 Å². The SMILES string of the molecule is NC(=O)c1cccc(N2C(=O)[C@@H](CC(=O)NCCc3c[nH]c4ccccc34)S[C@H]2c2cccc(Oc3cc(Cl)cc(Cl)c3)c2)c1. The van der Waals surface area contributed by atoms with E-state index in [1.807, 2.05) is 48.7 Å². The fourth-order valence-corrected chi connectivity index (χ4v) is 7.30. The van der Waals surface area contributed by atoms with Gasteiger partial charge in [-0.25, -0.2) is 0 Å². The lowest BCUT2D eigenvalue weighted by molar-refractivity contribution is -0.124. The number of amides is 3. The number of aromatic amines is 1. The minimum atomic E-state index is -0.656. The fourth-order valence-electron chi connectivity index (χ4n) is 5.35. The second-order valence-electron chi connectivity index (χ2n) is 10.5. The average Bonchev–Trinajstić information content (AvgIpc) is 3.57. The first-order chi connectivity index (χ1) is 21.7. The van der Waals surface area contributed by atoms with Gasteiger partial charge in [-0.15, -0.1) is 11.8 Å². The molecule has 11 heteroatoms. The number of nitrogens with one attached hydrogen (secondary N) is 2. The summed E-state index contributed by atoms with van der Waals surface area (Å²) in [6, 6.07) is 26.9. The van der Waals surface area contributed by atoms with Gasteiger partial charge in [0, 0.05) is 51.4 Å². The van der Waals surface area contributed by atoms with Gasteiger partial charge in [0.2, 0.25) is 17.7 Å². The number of nitrogens with two attached hydrogens (primary N) is 1. The summed E-state index contributed by atoms with van der Waals surface area (Å²) in [6.07, 6.45) is 2.60. The van der Waals surface area contributed by atoms with Crippen molar-refractivity contribution >= 4 is 69.3 Å². The number of carbonyl (C=O) groups is 3. The van der Waals surface area contributed by atoms with Gasteiger partial charge in [0.1, 0.15) is 16.9 Å². The number of anilines is 1. The van der Waals surface area contributed by atoms with E-state index >= 15 is 0 Å². The van der Waals surface area contributed by atoms with E-state index in [2.05, 4.69) is 10.3 Å². The van der Waals surface area contributed by atoms with Crippen molar-refractivity contribution in [2.45, 2.75) is 23.5 Å². The third-order valence-corrected chi connectivity index (χ3v) is 9.30. The van der Waals surface area contributed by atoms with Gasteiger partial charge >= 0.3 is 0 Å². The number of ether oxygens (including phenoxy) is 1. The van der Waals surface area contributed by atoms with Crippen molar-refractivity contribution in [2.75, 3.05) is 11.4 Å². The van der Waals surface area contributed by atoms with Crippen LogP contribution in [-0.2, 0) is 16.0 Å². The number of halogens is 2. The van der Waals surface area contributed by atoms with Crippen LogP contribution < -0.4 is 20.7 Å². The topological polar surface area (TPSA) is 118 Å². The maximum absolute atomic E-state index is 13.9. The summed E-state index contributed by atoms with van der Waals surface area (Å²) < 4.78 is 6.04. The second kappa shape index (κ2) is 13.3. The Balaban J connectivity index is 1.21. The maximum atomic E-state index is 13.9. The normalized spacial score (nSPS) is 16.2.